The molecule has 1 aromatic heterocycles. The van der Waals surface area contributed by atoms with Gasteiger partial charge in [0.15, 0.2) is 6.10 Å². The summed E-state index contributed by atoms with van der Waals surface area (Å²) in [5, 5.41) is 4.68. The number of amides is 1. The van der Waals surface area contributed by atoms with Gasteiger partial charge < -0.3 is 10.1 Å². The van der Waals surface area contributed by atoms with E-state index in [1.807, 2.05) is 41.8 Å². The molecule has 1 heterocycles. The summed E-state index contributed by atoms with van der Waals surface area (Å²) in [4.78, 5) is 24.7. The Kier molecular flexibility index (Phi) is 6.55. The van der Waals surface area contributed by atoms with Crippen LogP contribution in [0.25, 0.3) is 6.08 Å². The van der Waals surface area contributed by atoms with E-state index in [4.69, 9.17) is 4.74 Å². The van der Waals surface area contributed by atoms with Crippen molar-refractivity contribution in [1.29, 1.82) is 0 Å². The minimum absolute atomic E-state index is 0.317. The van der Waals surface area contributed by atoms with Crippen molar-refractivity contribution in [2.24, 2.45) is 0 Å². The van der Waals surface area contributed by atoms with Crippen LogP contribution in [0.3, 0.4) is 0 Å². The van der Waals surface area contributed by atoms with E-state index in [1.54, 1.807) is 24.3 Å². The molecule has 2 aromatic rings. The highest BCUT2D eigenvalue weighted by atomic mass is 79.9. The third-order valence-electron chi connectivity index (χ3n) is 2.94. The first kappa shape index (κ1) is 17.4. The Labute approximate surface area is 147 Å². The molecular formula is C17H16BrNO3S. The molecule has 1 aromatic carbocycles. The van der Waals surface area contributed by atoms with Crippen molar-refractivity contribution in [3.63, 3.8) is 0 Å². The fourth-order valence-corrected chi connectivity index (χ4v) is 2.83. The Hall–Kier alpha value is -1.92. The molecule has 0 saturated heterocycles. The monoisotopic (exact) mass is 393 g/mol. The van der Waals surface area contributed by atoms with Gasteiger partial charge in [-0.05, 0) is 42.1 Å². The summed E-state index contributed by atoms with van der Waals surface area (Å²) >= 11 is 4.92. The van der Waals surface area contributed by atoms with Gasteiger partial charge in [-0.1, -0.05) is 34.1 Å². The van der Waals surface area contributed by atoms with Crippen molar-refractivity contribution in [3.8, 4) is 0 Å². The van der Waals surface area contributed by atoms with Crippen molar-refractivity contribution >= 4 is 45.2 Å². The highest BCUT2D eigenvalue weighted by Gasteiger charge is 2.16. The summed E-state index contributed by atoms with van der Waals surface area (Å²) in [6.45, 7) is 1.99. The van der Waals surface area contributed by atoms with Crippen LogP contribution in [0.5, 0.6) is 0 Å². The van der Waals surface area contributed by atoms with Crippen LogP contribution in [0.4, 0.5) is 0 Å². The van der Waals surface area contributed by atoms with Gasteiger partial charge in [0.05, 0.1) is 6.54 Å². The number of hydrogen-bond acceptors (Lipinski definition) is 4. The molecule has 1 N–H and O–H groups in total. The molecule has 0 aliphatic carbocycles. The van der Waals surface area contributed by atoms with Crippen LogP contribution < -0.4 is 5.32 Å². The molecule has 1 atom stereocenters. The van der Waals surface area contributed by atoms with Gasteiger partial charge in [0.1, 0.15) is 0 Å². The van der Waals surface area contributed by atoms with Crippen LogP contribution in [0.1, 0.15) is 17.4 Å². The van der Waals surface area contributed by atoms with Crippen LogP contribution in [-0.4, -0.2) is 18.0 Å². The number of carbonyl (C=O) groups excluding carboxylic acids is 2. The van der Waals surface area contributed by atoms with E-state index in [1.165, 1.54) is 6.08 Å². The molecule has 6 heteroatoms. The zero-order chi connectivity index (χ0) is 16.7. The largest absolute Gasteiger partial charge is 0.449 e. The molecule has 0 aliphatic rings. The highest BCUT2D eigenvalue weighted by molar-refractivity contribution is 9.10. The summed E-state index contributed by atoms with van der Waals surface area (Å²) in [5.41, 5.74) is 0.867. The smallest absolute Gasteiger partial charge is 0.331 e. The van der Waals surface area contributed by atoms with Gasteiger partial charge in [-0.3, -0.25) is 4.79 Å². The normalized spacial score (nSPS) is 12.1. The van der Waals surface area contributed by atoms with E-state index >= 15 is 0 Å². The molecule has 0 radical (unpaired) electrons. The number of thiophene rings is 1. The van der Waals surface area contributed by atoms with Gasteiger partial charge in [0.25, 0.3) is 5.91 Å². The molecule has 1 amide bonds. The molecule has 0 unspecified atom stereocenters. The minimum atomic E-state index is -0.838. The third-order valence-corrected chi connectivity index (χ3v) is 4.31. The summed E-state index contributed by atoms with van der Waals surface area (Å²) in [5.74, 6) is -0.869. The number of esters is 1. The van der Waals surface area contributed by atoms with Gasteiger partial charge in [-0.2, -0.15) is 0 Å². The lowest BCUT2D eigenvalue weighted by Crippen LogP contribution is -2.34. The van der Waals surface area contributed by atoms with Crippen molar-refractivity contribution in [3.05, 3.63) is 62.8 Å². The molecule has 0 bridgehead atoms. The highest BCUT2D eigenvalue weighted by Crippen LogP contribution is 2.13. The second-order valence-electron chi connectivity index (χ2n) is 4.76. The SMILES string of the molecule is C[C@@H](OC(=O)/C=C/c1cccc(Br)c1)C(=O)NCc1cccs1. The maximum atomic E-state index is 11.9. The van der Waals surface area contributed by atoms with Crippen molar-refractivity contribution in [1.82, 2.24) is 5.32 Å². The molecular weight excluding hydrogens is 378 g/mol. The van der Waals surface area contributed by atoms with E-state index in [0.29, 0.717) is 6.54 Å². The number of rotatable bonds is 6. The Morgan fingerprint density at radius 3 is 2.87 bits per heavy atom. The van der Waals surface area contributed by atoms with Gasteiger partial charge in [0, 0.05) is 15.4 Å². The quantitative estimate of drug-likeness (QED) is 0.600. The summed E-state index contributed by atoms with van der Waals surface area (Å²) in [6, 6.07) is 11.4. The van der Waals surface area contributed by atoms with Crippen LogP contribution in [-0.2, 0) is 20.9 Å². The zero-order valence-corrected chi connectivity index (χ0v) is 14.9. The van der Waals surface area contributed by atoms with Crippen molar-refractivity contribution in [2.75, 3.05) is 0 Å². The van der Waals surface area contributed by atoms with Gasteiger partial charge in [-0.25, -0.2) is 4.79 Å². The molecule has 0 fully saturated rings. The summed E-state index contributed by atoms with van der Waals surface area (Å²) < 4.78 is 6.01. The van der Waals surface area contributed by atoms with Crippen LogP contribution in [0, 0.1) is 0 Å². The average Bonchev–Trinajstić information content (AvgIpc) is 3.04. The van der Waals surface area contributed by atoms with Crippen molar-refractivity contribution in [2.45, 2.75) is 19.6 Å². The fourth-order valence-electron chi connectivity index (χ4n) is 1.77. The van der Waals surface area contributed by atoms with E-state index in [-0.39, 0.29) is 5.91 Å². The molecule has 23 heavy (non-hydrogen) atoms. The van der Waals surface area contributed by atoms with E-state index in [2.05, 4.69) is 21.2 Å². The predicted octanol–water partition coefficient (Wildman–Crippen LogP) is 3.77. The third kappa shape index (κ3) is 6.00. The summed E-state index contributed by atoms with van der Waals surface area (Å²) in [6.07, 6.45) is 2.11. The molecule has 2 rings (SSSR count). The second-order valence-corrected chi connectivity index (χ2v) is 6.71. The minimum Gasteiger partial charge on any atom is -0.449 e. The van der Waals surface area contributed by atoms with E-state index in [0.717, 1.165) is 14.9 Å². The number of carbonyl (C=O) groups is 2. The van der Waals surface area contributed by atoms with E-state index in [9.17, 15) is 9.59 Å². The predicted molar refractivity (Wildman–Crippen MR) is 94.9 cm³/mol. The Morgan fingerprint density at radius 1 is 1.35 bits per heavy atom. The van der Waals surface area contributed by atoms with E-state index < -0.39 is 12.1 Å². The Morgan fingerprint density at radius 2 is 2.17 bits per heavy atom. The lowest BCUT2D eigenvalue weighted by Gasteiger charge is -2.11. The molecule has 0 saturated carbocycles. The number of hydrogen-bond donors (Lipinski definition) is 1. The first-order chi connectivity index (χ1) is 11.0. The second kappa shape index (κ2) is 8.64. The Bertz CT molecular complexity index is 698. The Balaban J connectivity index is 1.80. The zero-order valence-electron chi connectivity index (χ0n) is 12.5. The maximum Gasteiger partial charge on any atom is 0.331 e. The first-order valence-corrected chi connectivity index (χ1v) is 8.66. The molecule has 0 aliphatic heterocycles. The van der Waals surface area contributed by atoms with Crippen LogP contribution in [0.2, 0.25) is 0 Å². The summed E-state index contributed by atoms with van der Waals surface area (Å²) in [7, 11) is 0. The lowest BCUT2D eigenvalue weighted by molar-refractivity contribution is -0.150. The van der Waals surface area contributed by atoms with Crippen LogP contribution in [0.15, 0.2) is 52.3 Å². The number of benzene rings is 1. The van der Waals surface area contributed by atoms with Gasteiger partial charge >= 0.3 is 5.97 Å². The molecule has 4 nitrogen and oxygen atoms in total. The maximum absolute atomic E-state index is 11.9. The lowest BCUT2D eigenvalue weighted by atomic mass is 10.2. The van der Waals surface area contributed by atoms with Gasteiger partial charge in [-0.15, -0.1) is 11.3 Å². The first-order valence-electron chi connectivity index (χ1n) is 6.99. The van der Waals surface area contributed by atoms with Gasteiger partial charge in [0.2, 0.25) is 0 Å². The number of nitrogens with one attached hydrogen (secondary N) is 1. The fraction of sp³-hybridized carbons (Fsp3) is 0.176. The number of halogens is 1. The standard InChI is InChI=1S/C17H16BrNO3S/c1-12(17(21)19-11-15-6-3-9-23-15)22-16(20)8-7-13-4-2-5-14(18)10-13/h2-10,12H,11H2,1H3,(H,19,21)/b8-7+/t12-/m1/s1. The van der Waals surface area contributed by atoms with Crippen molar-refractivity contribution < 1.29 is 14.3 Å². The average molecular weight is 394 g/mol. The topological polar surface area (TPSA) is 55.4 Å². The number of ether oxygens (including phenoxy) is 1. The molecule has 0 spiro atoms. The van der Waals surface area contributed by atoms with Crippen LogP contribution >= 0.6 is 27.3 Å². The molecule has 120 valence electrons.